The molecular formula is C24H22NO2P. The summed E-state index contributed by atoms with van der Waals surface area (Å²) >= 11 is 0. The van der Waals surface area contributed by atoms with E-state index in [2.05, 4.69) is 6.07 Å². The molecule has 4 heteroatoms. The third-order valence-electron chi connectivity index (χ3n) is 4.82. The highest BCUT2D eigenvalue weighted by atomic mass is 31.2. The van der Waals surface area contributed by atoms with Gasteiger partial charge in [0.05, 0.1) is 12.0 Å². The van der Waals surface area contributed by atoms with Gasteiger partial charge in [0.1, 0.15) is 7.14 Å². The van der Waals surface area contributed by atoms with Gasteiger partial charge in [-0.1, -0.05) is 91.0 Å². The SMILES string of the molecule is N#C[C@@H](CCC(=O)c1ccccc1)CP(=O)(c1ccccc1)c1ccccc1. The fraction of sp³-hybridized carbons (Fsp3) is 0.167. The Bertz CT molecular complexity index is 952. The monoisotopic (exact) mass is 387 g/mol. The van der Waals surface area contributed by atoms with E-state index in [-0.39, 0.29) is 18.4 Å². The fourth-order valence-electron chi connectivity index (χ4n) is 3.28. The summed E-state index contributed by atoms with van der Waals surface area (Å²) in [7, 11) is -2.96. The molecule has 0 aromatic heterocycles. The number of nitriles is 1. The summed E-state index contributed by atoms with van der Waals surface area (Å²) in [6, 6.07) is 30.0. The van der Waals surface area contributed by atoms with Crippen molar-refractivity contribution in [3.05, 3.63) is 96.6 Å². The largest absolute Gasteiger partial charge is 0.314 e. The Morgan fingerprint density at radius 2 is 1.29 bits per heavy atom. The van der Waals surface area contributed by atoms with Crippen molar-refractivity contribution in [2.75, 3.05) is 6.16 Å². The van der Waals surface area contributed by atoms with E-state index < -0.39 is 13.1 Å². The lowest BCUT2D eigenvalue weighted by atomic mass is 10.0. The number of ketones is 1. The van der Waals surface area contributed by atoms with E-state index >= 15 is 0 Å². The molecule has 3 aromatic carbocycles. The van der Waals surface area contributed by atoms with Crippen LogP contribution in [-0.2, 0) is 4.57 Å². The fourth-order valence-corrected chi connectivity index (χ4v) is 6.19. The minimum absolute atomic E-state index is 0.00936. The van der Waals surface area contributed by atoms with Gasteiger partial charge in [0.15, 0.2) is 5.78 Å². The van der Waals surface area contributed by atoms with Gasteiger partial charge in [0.2, 0.25) is 0 Å². The molecule has 0 aliphatic carbocycles. The highest BCUT2D eigenvalue weighted by Crippen LogP contribution is 2.45. The average Bonchev–Trinajstić information content (AvgIpc) is 2.78. The highest BCUT2D eigenvalue weighted by molar-refractivity contribution is 7.78. The molecule has 3 rings (SSSR count). The molecule has 0 radical (unpaired) electrons. The number of Topliss-reactive ketones (excluding diaryl/α,β-unsaturated/α-hetero) is 1. The maximum Gasteiger partial charge on any atom is 0.162 e. The zero-order chi connectivity index (χ0) is 19.8. The van der Waals surface area contributed by atoms with E-state index in [1.807, 2.05) is 78.9 Å². The normalized spacial score (nSPS) is 12.1. The highest BCUT2D eigenvalue weighted by Gasteiger charge is 2.31. The van der Waals surface area contributed by atoms with Crippen LogP contribution in [0.3, 0.4) is 0 Å². The van der Waals surface area contributed by atoms with Gasteiger partial charge in [-0.05, 0) is 6.42 Å². The Labute approximate surface area is 166 Å². The topological polar surface area (TPSA) is 57.9 Å². The molecule has 0 unspecified atom stereocenters. The van der Waals surface area contributed by atoms with Crippen molar-refractivity contribution in [1.82, 2.24) is 0 Å². The third-order valence-corrected chi connectivity index (χ3v) is 8.04. The van der Waals surface area contributed by atoms with Gasteiger partial charge in [-0.25, -0.2) is 0 Å². The van der Waals surface area contributed by atoms with Crippen molar-refractivity contribution in [1.29, 1.82) is 5.26 Å². The second kappa shape index (κ2) is 9.31. The van der Waals surface area contributed by atoms with Crippen LogP contribution in [0, 0.1) is 17.2 Å². The average molecular weight is 387 g/mol. The van der Waals surface area contributed by atoms with Gasteiger partial charge >= 0.3 is 0 Å². The minimum Gasteiger partial charge on any atom is -0.314 e. The number of benzene rings is 3. The van der Waals surface area contributed by atoms with E-state index in [1.54, 1.807) is 12.1 Å². The predicted octanol–water partition coefficient (Wildman–Crippen LogP) is 4.80. The summed E-state index contributed by atoms with van der Waals surface area (Å²) < 4.78 is 14.1. The quantitative estimate of drug-likeness (QED) is 0.412. The van der Waals surface area contributed by atoms with Crippen molar-refractivity contribution in [3.63, 3.8) is 0 Å². The van der Waals surface area contributed by atoms with Gasteiger partial charge in [0.25, 0.3) is 0 Å². The van der Waals surface area contributed by atoms with Crippen LogP contribution in [0.5, 0.6) is 0 Å². The first-order valence-corrected chi connectivity index (χ1v) is 11.2. The second-order valence-electron chi connectivity index (χ2n) is 6.75. The Kier molecular flexibility index (Phi) is 6.58. The zero-order valence-corrected chi connectivity index (χ0v) is 16.5. The molecule has 28 heavy (non-hydrogen) atoms. The van der Waals surface area contributed by atoms with Crippen LogP contribution in [-0.4, -0.2) is 11.9 Å². The van der Waals surface area contributed by atoms with E-state index in [0.717, 1.165) is 10.6 Å². The molecule has 0 spiro atoms. The molecule has 0 fully saturated rings. The minimum atomic E-state index is -2.96. The number of rotatable bonds is 8. The number of nitrogens with zero attached hydrogens (tertiary/aromatic N) is 1. The van der Waals surface area contributed by atoms with Gasteiger partial charge in [-0.2, -0.15) is 5.26 Å². The van der Waals surface area contributed by atoms with E-state index in [1.165, 1.54) is 0 Å². The van der Waals surface area contributed by atoms with Crippen LogP contribution >= 0.6 is 7.14 Å². The zero-order valence-electron chi connectivity index (χ0n) is 15.6. The third kappa shape index (κ3) is 4.66. The molecule has 0 N–H and O–H groups in total. The molecule has 140 valence electrons. The molecule has 0 saturated carbocycles. The summed E-state index contributed by atoms with van der Waals surface area (Å²) in [5.74, 6) is -0.450. The van der Waals surface area contributed by atoms with E-state index in [4.69, 9.17) is 0 Å². The summed E-state index contributed by atoms with van der Waals surface area (Å²) in [6.07, 6.45) is 0.902. The molecule has 3 aromatic rings. The number of carbonyl (C=O) groups excluding carboxylic acids is 1. The van der Waals surface area contributed by atoms with Crippen molar-refractivity contribution in [2.45, 2.75) is 12.8 Å². The Morgan fingerprint density at radius 1 is 0.821 bits per heavy atom. The first-order chi connectivity index (χ1) is 13.6. The van der Waals surface area contributed by atoms with Gasteiger partial charge in [-0.3, -0.25) is 4.79 Å². The van der Waals surface area contributed by atoms with Crippen LogP contribution in [0.15, 0.2) is 91.0 Å². The molecule has 0 aliphatic rings. The smallest absolute Gasteiger partial charge is 0.162 e. The van der Waals surface area contributed by atoms with Gasteiger partial charge < -0.3 is 4.57 Å². The molecule has 0 saturated heterocycles. The maximum absolute atomic E-state index is 14.1. The molecular weight excluding hydrogens is 365 g/mol. The van der Waals surface area contributed by atoms with E-state index in [0.29, 0.717) is 12.0 Å². The van der Waals surface area contributed by atoms with Gasteiger partial charge in [0, 0.05) is 28.8 Å². The van der Waals surface area contributed by atoms with Crippen molar-refractivity contribution in [2.24, 2.45) is 5.92 Å². The standard InChI is InChI=1S/C24H22NO2P/c25-18-20(16-17-24(26)21-10-4-1-5-11-21)19-28(27,22-12-6-2-7-13-22)23-14-8-3-9-15-23/h1-15,20H,16-17,19H2/t20-/m1/s1. The lowest BCUT2D eigenvalue weighted by Gasteiger charge is -2.22. The Balaban J connectivity index is 1.81. The summed E-state index contributed by atoms with van der Waals surface area (Å²) in [6.45, 7) is 0. The maximum atomic E-state index is 14.1. The Hall–Kier alpha value is -2.95. The molecule has 0 amide bonds. The summed E-state index contributed by atoms with van der Waals surface area (Å²) in [5.41, 5.74) is 0.647. The van der Waals surface area contributed by atoms with Crippen LogP contribution in [0.4, 0.5) is 0 Å². The summed E-state index contributed by atoms with van der Waals surface area (Å²) in [5, 5.41) is 11.2. The van der Waals surface area contributed by atoms with Crippen molar-refractivity contribution in [3.8, 4) is 6.07 Å². The first kappa shape index (κ1) is 19.8. The van der Waals surface area contributed by atoms with Crippen LogP contribution in [0.1, 0.15) is 23.2 Å². The van der Waals surface area contributed by atoms with Crippen LogP contribution in [0.2, 0.25) is 0 Å². The van der Waals surface area contributed by atoms with Crippen molar-refractivity contribution < 1.29 is 9.36 Å². The van der Waals surface area contributed by atoms with Crippen LogP contribution < -0.4 is 10.6 Å². The molecule has 0 heterocycles. The second-order valence-corrected chi connectivity index (χ2v) is 9.62. The first-order valence-electron chi connectivity index (χ1n) is 9.31. The number of hydrogen-bond acceptors (Lipinski definition) is 3. The Morgan fingerprint density at radius 3 is 1.75 bits per heavy atom. The number of carbonyl (C=O) groups is 1. The lowest BCUT2D eigenvalue weighted by molar-refractivity contribution is 0.0977. The van der Waals surface area contributed by atoms with Crippen LogP contribution in [0.25, 0.3) is 0 Å². The number of hydrogen-bond donors (Lipinski definition) is 0. The van der Waals surface area contributed by atoms with Crippen molar-refractivity contribution >= 4 is 23.5 Å². The predicted molar refractivity (Wildman–Crippen MR) is 114 cm³/mol. The molecule has 0 aliphatic heterocycles. The van der Waals surface area contributed by atoms with Gasteiger partial charge in [-0.15, -0.1) is 0 Å². The van der Waals surface area contributed by atoms with E-state index in [9.17, 15) is 14.6 Å². The lowest BCUT2D eigenvalue weighted by Crippen LogP contribution is -2.22. The molecule has 1 atom stereocenters. The summed E-state index contributed by atoms with van der Waals surface area (Å²) in [4.78, 5) is 12.4. The molecule has 0 bridgehead atoms. The molecule has 3 nitrogen and oxygen atoms in total.